The number of hydrogen-bond donors (Lipinski definition) is 1. The highest BCUT2D eigenvalue weighted by Gasteiger charge is 2.50. The molecule has 0 spiro atoms. The largest absolute Gasteiger partial charge is 0.506 e. The van der Waals surface area contributed by atoms with Crippen LogP contribution in [0.1, 0.15) is 61.9 Å². The molecular weight excluding hydrogens is 584 g/mol. The minimum absolute atomic E-state index is 0.00970. The molecular formula is C40H30N4O3. The number of phenols is 1. The number of amides is 2. The maximum absolute atomic E-state index is 14.3. The zero-order chi connectivity index (χ0) is 31.9. The van der Waals surface area contributed by atoms with Crippen LogP contribution in [-0.2, 0) is 24.8 Å². The molecule has 1 atom stereocenters. The van der Waals surface area contributed by atoms with E-state index in [0.29, 0.717) is 33.4 Å². The van der Waals surface area contributed by atoms with Crippen LogP contribution < -0.4 is 0 Å². The molecule has 0 radical (unpaired) electrons. The first-order valence-electron chi connectivity index (χ1n) is 16.0. The molecule has 1 aliphatic heterocycles. The summed E-state index contributed by atoms with van der Waals surface area (Å²) in [5.41, 5.74) is 10.4. The maximum Gasteiger partial charge on any atom is 0.262 e. The summed E-state index contributed by atoms with van der Waals surface area (Å²) in [6.07, 6.45) is 5.75. The van der Waals surface area contributed by atoms with E-state index in [1.54, 1.807) is 36.4 Å². The molecule has 1 unspecified atom stereocenters. The van der Waals surface area contributed by atoms with Crippen molar-refractivity contribution in [3.8, 4) is 22.6 Å². The van der Waals surface area contributed by atoms with Crippen LogP contribution in [0, 0.1) is 0 Å². The molecule has 0 saturated carbocycles. The van der Waals surface area contributed by atoms with E-state index in [2.05, 4.69) is 52.7 Å². The molecule has 2 aliphatic carbocycles. The van der Waals surface area contributed by atoms with Crippen molar-refractivity contribution in [1.82, 2.24) is 19.9 Å². The molecule has 0 fully saturated rings. The third-order valence-electron chi connectivity index (χ3n) is 10.2. The highest BCUT2D eigenvalue weighted by atomic mass is 16.3. The second-order valence-corrected chi connectivity index (χ2v) is 12.7. The summed E-state index contributed by atoms with van der Waals surface area (Å²) < 4.78 is 0. The van der Waals surface area contributed by atoms with Crippen molar-refractivity contribution in [2.75, 3.05) is 0 Å². The fraction of sp³-hybridized carbons (Fsp3) is 0.150. The van der Waals surface area contributed by atoms with E-state index in [0.717, 1.165) is 36.8 Å². The molecule has 9 rings (SSSR count). The number of carbonyl (C=O) groups excluding carboxylic acids is 2. The third-order valence-corrected chi connectivity index (χ3v) is 10.2. The van der Waals surface area contributed by atoms with Crippen LogP contribution in [-0.4, -0.2) is 36.8 Å². The Morgan fingerprint density at radius 3 is 2.00 bits per heavy atom. The topological polar surface area (TPSA) is 88.3 Å². The Morgan fingerprint density at radius 2 is 1.28 bits per heavy atom. The van der Waals surface area contributed by atoms with Gasteiger partial charge in [-0.2, -0.15) is 0 Å². The number of aromatic hydroxyl groups is 1. The summed E-state index contributed by atoms with van der Waals surface area (Å²) in [5, 5.41) is 20.4. The molecule has 0 bridgehead atoms. The monoisotopic (exact) mass is 614 g/mol. The molecule has 3 aliphatic rings. The summed E-state index contributed by atoms with van der Waals surface area (Å²) in [5.74, 6) is -0.694. The van der Waals surface area contributed by atoms with Gasteiger partial charge in [-0.15, -0.1) is 15.0 Å². The standard InChI is InChI=1S/C40H30N4O3/c1-40(43-38(46)31-11-4-5-12-32(31)39(43)47,25-18-22-37(45)36(23-25)44-41-34-15-6-7-16-35(34)42-44)33-14-8-13-27-29-19-17-24-9-2-3-10-26(24)28(29)20-21-30(27)33/h2-7,9-12,14-16,18,20-23,45H,8,13,17,19H2,1H3. The van der Waals surface area contributed by atoms with E-state index in [1.807, 2.05) is 37.3 Å². The first-order valence-corrected chi connectivity index (χ1v) is 16.0. The fourth-order valence-corrected chi connectivity index (χ4v) is 7.92. The van der Waals surface area contributed by atoms with E-state index < -0.39 is 5.54 Å². The number of benzene rings is 5. The lowest BCUT2D eigenvalue weighted by atomic mass is 9.71. The Bertz CT molecular complexity index is 2280. The molecule has 47 heavy (non-hydrogen) atoms. The summed E-state index contributed by atoms with van der Waals surface area (Å²) in [6, 6.07) is 32.7. The van der Waals surface area contributed by atoms with Crippen LogP contribution >= 0.6 is 0 Å². The van der Waals surface area contributed by atoms with Crippen molar-refractivity contribution < 1.29 is 14.7 Å². The summed E-state index contributed by atoms with van der Waals surface area (Å²) in [6.45, 7) is 1.95. The van der Waals surface area contributed by atoms with E-state index in [1.165, 1.54) is 37.5 Å². The van der Waals surface area contributed by atoms with Gasteiger partial charge in [0.15, 0.2) is 0 Å². The van der Waals surface area contributed by atoms with Crippen LogP contribution in [0.25, 0.3) is 33.4 Å². The lowest BCUT2D eigenvalue weighted by Gasteiger charge is -2.42. The molecule has 0 saturated heterocycles. The molecule has 5 aromatic carbocycles. The smallest absolute Gasteiger partial charge is 0.262 e. The number of aryl methyl sites for hydroxylation is 1. The van der Waals surface area contributed by atoms with E-state index in [4.69, 9.17) is 0 Å². The molecule has 2 amide bonds. The van der Waals surface area contributed by atoms with Crippen LogP contribution in [0.15, 0.2) is 109 Å². The maximum atomic E-state index is 14.3. The number of carbonyl (C=O) groups is 2. The molecule has 2 heterocycles. The van der Waals surface area contributed by atoms with Crippen LogP contribution in [0.2, 0.25) is 0 Å². The van der Waals surface area contributed by atoms with Gasteiger partial charge in [-0.05, 0) is 114 Å². The normalized spacial score (nSPS) is 16.3. The van der Waals surface area contributed by atoms with Crippen molar-refractivity contribution in [3.05, 3.63) is 148 Å². The van der Waals surface area contributed by atoms with Crippen LogP contribution in [0.3, 0.4) is 0 Å². The first kappa shape index (κ1) is 27.5. The zero-order valence-electron chi connectivity index (χ0n) is 25.8. The fourth-order valence-electron chi connectivity index (χ4n) is 7.92. The lowest BCUT2D eigenvalue weighted by molar-refractivity contribution is 0.0527. The lowest BCUT2D eigenvalue weighted by Crippen LogP contribution is -2.48. The second-order valence-electron chi connectivity index (χ2n) is 12.7. The predicted molar refractivity (Wildman–Crippen MR) is 180 cm³/mol. The minimum atomic E-state index is -1.22. The highest BCUT2D eigenvalue weighted by Crippen LogP contribution is 2.50. The number of phenolic OH excluding ortho intramolecular Hbond substituents is 1. The van der Waals surface area contributed by atoms with Gasteiger partial charge in [-0.3, -0.25) is 14.5 Å². The van der Waals surface area contributed by atoms with E-state index in [-0.39, 0.29) is 17.6 Å². The SMILES string of the molecule is CC(C1=CCCc2c1ccc1c2CCc2ccccc2-1)(c1ccc(O)c(-n2nc3ccccc3n2)c1)N1C(=O)c2ccccc2C1=O. The van der Waals surface area contributed by atoms with Crippen LogP contribution in [0.5, 0.6) is 5.75 Å². The van der Waals surface area contributed by atoms with Crippen LogP contribution in [0.4, 0.5) is 0 Å². The highest BCUT2D eigenvalue weighted by molar-refractivity contribution is 6.22. The molecule has 1 N–H and O–H groups in total. The Kier molecular flexibility index (Phi) is 5.90. The van der Waals surface area contributed by atoms with Crippen molar-refractivity contribution >= 4 is 28.4 Å². The van der Waals surface area contributed by atoms with Gasteiger partial charge in [-0.1, -0.05) is 72.8 Å². The number of allylic oxidation sites excluding steroid dienone is 1. The van der Waals surface area contributed by atoms with Crippen molar-refractivity contribution in [1.29, 1.82) is 0 Å². The Morgan fingerprint density at radius 1 is 0.660 bits per heavy atom. The Balaban J connectivity index is 1.26. The number of aromatic nitrogens is 3. The number of fused-ring (bicyclic) bond motifs is 7. The number of imide groups is 1. The predicted octanol–water partition coefficient (Wildman–Crippen LogP) is 7.43. The second kappa shape index (κ2) is 10.1. The third kappa shape index (κ3) is 3.92. The van der Waals surface area contributed by atoms with Gasteiger partial charge in [0.25, 0.3) is 11.8 Å². The zero-order valence-corrected chi connectivity index (χ0v) is 25.8. The van der Waals surface area contributed by atoms with E-state index >= 15 is 0 Å². The van der Waals surface area contributed by atoms with Gasteiger partial charge in [0.1, 0.15) is 22.5 Å². The van der Waals surface area contributed by atoms with Crippen molar-refractivity contribution in [2.24, 2.45) is 0 Å². The van der Waals surface area contributed by atoms with Gasteiger partial charge < -0.3 is 5.11 Å². The summed E-state index contributed by atoms with van der Waals surface area (Å²) >= 11 is 0. The number of hydrogen-bond acceptors (Lipinski definition) is 5. The van der Waals surface area contributed by atoms with E-state index in [9.17, 15) is 14.7 Å². The molecule has 7 nitrogen and oxygen atoms in total. The molecule has 228 valence electrons. The minimum Gasteiger partial charge on any atom is -0.506 e. The summed E-state index contributed by atoms with van der Waals surface area (Å²) in [4.78, 5) is 31.4. The average Bonchev–Trinajstić information content (AvgIpc) is 3.66. The van der Waals surface area contributed by atoms with Gasteiger partial charge in [0, 0.05) is 0 Å². The van der Waals surface area contributed by atoms with Gasteiger partial charge >= 0.3 is 0 Å². The van der Waals surface area contributed by atoms with Crippen molar-refractivity contribution in [3.63, 3.8) is 0 Å². The first-order chi connectivity index (χ1) is 22.9. The summed E-state index contributed by atoms with van der Waals surface area (Å²) in [7, 11) is 0. The Hall–Kier alpha value is -5.82. The number of nitrogens with zero attached hydrogens (tertiary/aromatic N) is 4. The molecule has 1 aromatic heterocycles. The van der Waals surface area contributed by atoms with Gasteiger partial charge in [-0.25, -0.2) is 0 Å². The quantitative estimate of drug-likeness (QED) is 0.209. The van der Waals surface area contributed by atoms with Gasteiger partial charge in [0.2, 0.25) is 0 Å². The Labute approximate surface area is 271 Å². The van der Waals surface area contributed by atoms with Crippen molar-refractivity contribution in [2.45, 2.75) is 38.1 Å². The van der Waals surface area contributed by atoms with Gasteiger partial charge in [0.05, 0.1) is 16.7 Å². The average molecular weight is 615 g/mol. The molecule has 6 aromatic rings. The molecule has 7 heteroatoms. The number of rotatable bonds is 4.